The minimum atomic E-state index is -4.88. The lowest BCUT2D eigenvalue weighted by Crippen LogP contribution is -2.38. The Labute approximate surface area is 101 Å². The molecule has 0 aromatic rings. The largest absolute Gasteiger partial charge is 0.508 e. The van der Waals surface area contributed by atoms with Crippen molar-refractivity contribution in [3.05, 3.63) is 0 Å². The Hall–Kier alpha value is -1.67. The van der Waals surface area contributed by atoms with Gasteiger partial charge in [0.2, 0.25) is 6.10 Å². The first-order valence-corrected chi connectivity index (χ1v) is 5.00. The van der Waals surface area contributed by atoms with E-state index in [0.717, 1.165) is 0 Å². The molecule has 106 valence electrons. The van der Waals surface area contributed by atoms with Gasteiger partial charge in [0.1, 0.15) is 6.61 Å². The number of carbonyl (C=O) groups excluding carboxylic acids is 2. The molecule has 0 heterocycles. The number of rotatable bonds is 5. The molecule has 0 aromatic carbocycles. The van der Waals surface area contributed by atoms with Crippen molar-refractivity contribution in [2.75, 3.05) is 19.8 Å². The van der Waals surface area contributed by atoms with Crippen molar-refractivity contribution in [1.29, 1.82) is 0 Å². The fourth-order valence-corrected chi connectivity index (χ4v) is 0.767. The molecule has 0 aliphatic rings. The monoisotopic (exact) mass is 274 g/mol. The molecule has 0 bridgehead atoms. The quantitative estimate of drug-likeness (QED) is 0.716. The molecular formula is C9H13F3O6. The Balaban J connectivity index is 4.33. The molecule has 9 heteroatoms. The first-order chi connectivity index (χ1) is 8.31. The van der Waals surface area contributed by atoms with Crippen LogP contribution in [-0.2, 0) is 18.9 Å². The predicted octanol–water partition coefficient (Wildman–Crippen LogP) is 2.26. The summed E-state index contributed by atoms with van der Waals surface area (Å²) in [4.78, 5) is 21.5. The van der Waals surface area contributed by atoms with Gasteiger partial charge in [-0.05, 0) is 13.8 Å². The number of carbonyl (C=O) groups is 2. The third-order valence-electron chi connectivity index (χ3n) is 1.48. The van der Waals surface area contributed by atoms with E-state index in [9.17, 15) is 22.8 Å². The Bertz CT molecular complexity index is 278. The molecule has 0 amide bonds. The van der Waals surface area contributed by atoms with Crippen LogP contribution in [0.15, 0.2) is 0 Å². The van der Waals surface area contributed by atoms with Gasteiger partial charge in [-0.15, -0.1) is 0 Å². The van der Waals surface area contributed by atoms with Crippen molar-refractivity contribution in [3.8, 4) is 0 Å². The van der Waals surface area contributed by atoms with Gasteiger partial charge in [0, 0.05) is 0 Å². The van der Waals surface area contributed by atoms with Crippen LogP contribution in [0.1, 0.15) is 13.8 Å². The minimum absolute atomic E-state index is 0.0474. The molecule has 0 aliphatic carbocycles. The second-order valence-electron chi connectivity index (χ2n) is 2.83. The molecule has 0 spiro atoms. The van der Waals surface area contributed by atoms with Crippen LogP contribution in [0, 0.1) is 0 Å². The van der Waals surface area contributed by atoms with Gasteiger partial charge < -0.3 is 18.9 Å². The van der Waals surface area contributed by atoms with Crippen molar-refractivity contribution in [2.45, 2.75) is 26.1 Å². The molecule has 1 unspecified atom stereocenters. The molecule has 0 aliphatic heterocycles. The second-order valence-corrected chi connectivity index (χ2v) is 2.83. The summed E-state index contributed by atoms with van der Waals surface area (Å²) in [5.74, 6) is 0. The van der Waals surface area contributed by atoms with Crippen molar-refractivity contribution in [1.82, 2.24) is 0 Å². The predicted molar refractivity (Wildman–Crippen MR) is 50.9 cm³/mol. The third-order valence-corrected chi connectivity index (χ3v) is 1.48. The maximum Gasteiger partial charge on any atom is 0.508 e. The fraction of sp³-hybridized carbons (Fsp3) is 0.778. The molecule has 0 saturated carbocycles. The smallest absolute Gasteiger partial charge is 0.435 e. The van der Waals surface area contributed by atoms with E-state index in [-0.39, 0.29) is 13.2 Å². The average Bonchev–Trinajstić information content (AvgIpc) is 2.23. The topological polar surface area (TPSA) is 71.1 Å². The van der Waals surface area contributed by atoms with Gasteiger partial charge in [-0.1, -0.05) is 0 Å². The van der Waals surface area contributed by atoms with E-state index in [1.807, 2.05) is 0 Å². The number of hydrogen-bond donors (Lipinski definition) is 0. The normalized spacial score (nSPS) is 12.5. The summed E-state index contributed by atoms with van der Waals surface area (Å²) < 4.78 is 53.7. The van der Waals surface area contributed by atoms with Gasteiger partial charge in [-0.2, -0.15) is 13.2 Å². The fourth-order valence-electron chi connectivity index (χ4n) is 0.767. The zero-order chi connectivity index (χ0) is 14.2. The number of ether oxygens (including phenoxy) is 4. The number of hydrogen-bond acceptors (Lipinski definition) is 6. The van der Waals surface area contributed by atoms with Crippen molar-refractivity contribution in [3.63, 3.8) is 0 Å². The lowest BCUT2D eigenvalue weighted by molar-refractivity contribution is -0.218. The summed E-state index contributed by atoms with van der Waals surface area (Å²) >= 11 is 0. The molecule has 6 nitrogen and oxygen atoms in total. The van der Waals surface area contributed by atoms with Gasteiger partial charge in [-0.3, -0.25) is 0 Å². The molecule has 1 atom stereocenters. The Morgan fingerprint density at radius 1 is 1.00 bits per heavy atom. The first-order valence-electron chi connectivity index (χ1n) is 5.00. The lowest BCUT2D eigenvalue weighted by atomic mass is 10.4. The highest BCUT2D eigenvalue weighted by Gasteiger charge is 2.44. The third kappa shape index (κ3) is 6.81. The van der Waals surface area contributed by atoms with Crippen LogP contribution in [0.25, 0.3) is 0 Å². The van der Waals surface area contributed by atoms with E-state index in [1.165, 1.54) is 13.8 Å². The SMILES string of the molecule is CCOC(=O)OCC(OC(=O)OCC)C(F)(F)F. The second kappa shape index (κ2) is 7.62. The van der Waals surface area contributed by atoms with Crippen molar-refractivity contribution >= 4 is 12.3 Å². The Morgan fingerprint density at radius 3 is 1.94 bits per heavy atom. The van der Waals surface area contributed by atoms with Gasteiger partial charge in [0.15, 0.2) is 0 Å². The standard InChI is InChI=1S/C9H13F3O6/c1-3-15-7(13)17-5-6(9(10,11)12)18-8(14)16-4-2/h6H,3-5H2,1-2H3. The zero-order valence-electron chi connectivity index (χ0n) is 9.78. The van der Waals surface area contributed by atoms with Crippen LogP contribution in [0.5, 0.6) is 0 Å². The van der Waals surface area contributed by atoms with E-state index in [2.05, 4.69) is 18.9 Å². The highest BCUT2D eigenvalue weighted by Crippen LogP contribution is 2.23. The van der Waals surface area contributed by atoms with Crippen LogP contribution in [-0.4, -0.2) is 44.4 Å². The molecule has 0 fully saturated rings. The van der Waals surface area contributed by atoms with Crippen LogP contribution in [0.3, 0.4) is 0 Å². The lowest BCUT2D eigenvalue weighted by Gasteiger charge is -2.19. The number of halogens is 3. The van der Waals surface area contributed by atoms with E-state index >= 15 is 0 Å². The average molecular weight is 274 g/mol. The summed E-state index contributed by atoms with van der Waals surface area (Å²) in [5.41, 5.74) is 0. The molecule has 0 saturated heterocycles. The van der Waals surface area contributed by atoms with E-state index < -0.39 is 31.2 Å². The Morgan fingerprint density at radius 2 is 1.50 bits per heavy atom. The molecule has 18 heavy (non-hydrogen) atoms. The maximum absolute atomic E-state index is 12.4. The summed E-state index contributed by atoms with van der Waals surface area (Å²) in [7, 11) is 0. The number of alkyl halides is 3. The maximum atomic E-state index is 12.4. The van der Waals surface area contributed by atoms with Crippen molar-refractivity contribution < 1.29 is 41.7 Å². The van der Waals surface area contributed by atoms with Gasteiger partial charge in [0.25, 0.3) is 0 Å². The van der Waals surface area contributed by atoms with E-state index in [4.69, 9.17) is 0 Å². The summed E-state index contributed by atoms with van der Waals surface area (Å²) in [6.45, 7) is 1.48. The zero-order valence-corrected chi connectivity index (χ0v) is 9.78. The van der Waals surface area contributed by atoms with Crippen LogP contribution >= 0.6 is 0 Å². The van der Waals surface area contributed by atoms with Crippen LogP contribution in [0.2, 0.25) is 0 Å². The van der Waals surface area contributed by atoms with E-state index in [0.29, 0.717) is 0 Å². The van der Waals surface area contributed by atoms with Gasteiger partial charge in [-0.25, -0.2) is 9.59 Å². The van der Waals surface area contributed by atoms with Crippen LogP contribution in [0.4, 0.5) is 22.8 Å². The first kappa shape index (κ1) is 16.3. The molecule has 0 aromatic heterocycles. The summed E-state index contributed by atoms with van der Waals surface area (Å²) in [6, 6.07) is 0. The van der Waals surface area contributed by atoms with Gasteiger partial charge >= 0.3 is 18.5 Å². The molecular weight excluding hydrogens is 261 g/mol. The molecule has 0 rings (SSSR count). The summed E-state index contributed by atoms with van der Waals surface area (Å²) in [6.07, 6.45) is -10.2. The molecule has 0 N–H and O–H groups in total. The highest BCUT2D eigenvalue weighted by molar-refractivity contribution is 5.61. The highest BCUT2D eigenvalue weighted by atomic mass is 19.4. The van der Waals surface area contributed by atoms with Crippen molar-refractivity contribution in [2.24, 2.45) is 0 Å². The summed E-state index contributed by atoms with van der Waals surface area (Å²) in [5, 5.41) is 0. The Kier molecular flexibility index (Phi) is 6.91. The molecule has 0 radical (unpaired) electrons. The van der Waals surface area contributed by atoms with Gasteiger partial charge in [0.05, 0.1) is 13.2 Å². The minimum Gasteiger partial charge on any atom is -0.435 e. The van der Waals surface area contributed by atoms with E-state index in [1.54, 1.807) is 0 Å². The van der Waals surface area contributed by atoms with Crippen LogP contribution < -0.4 is 0 Å².